The van der Waals surface area contributed by atoms with Crippen LogP contribution in [0.2, 0.25) is 5.02 Å². The number of para-hydroxylation sites is 1. The van der Waals surface area contributed by atoms with Crippen molar-refractivity contribution < 1.29 is 23.5 Å². The van der Waals surface area contributed by atoms with Gasteiger partial charge in [0.05, 0.1) is 24.0 Å². The summed E-state index contributed by atoms with van der Waals surface area (Å²) in [6.45, 7) is 1.52. The van der Waals surface area contributed by atoms with Crippen LogP contribution in [0.4, 0.5) is 10.1 Å². The van der Waals surface area contributed by atoms with Gasteiger partial charge in [-0.2, -0.15) is 5.10 Å². The van der Waals surface area contributed by atoms with E-state index >= 15 is 0 Å². The van der Waals surface area contributed by atoms with Crippen LogP contribution in [0.15, 0.2) is 65.8 Å². The largest absolute Gasteiger partial charge is 0.493 e. The number of ether oxygens (including phenoxy) is 2. The number of hydrogen-bond acceptors (Lipinski definition) is 5. The van der Waals surface area contributed by atoms with Crippen molar-refractivity contribution in [2.75, 3.05) is 19.0 Å². The van der Waals surface area contributed by atoms with Crippen LogP contribution in [0.3, 0.4) is 0 Å². The number of hydrazone groups is 1. The third-order valence-corrected chi connectivity index (χ3v) is 4.72. The number of benzene rings is 3. The quantitative estimate of drug-likeness (QED) is 0.373. The number of methoxy groups -OCH3 is 1. The van der Waals surface area contributed by atoms with Gasteiger partial charge < -0.3 is 14.8 Å². The molecule has 33 heavy (non-hydrogen) atoms. The molecule has 7 nitrogen and oxygen atoms in total. The highest BCUT2D eigenvalue weighted by Crippen LogP contribution is 2.36. The fraction of sp³-hybridized carbons (Fsp3) is 0.125. The minimum Gasteiger partial charge on any atom is -0.493 e. The Balaban J connectivity index is 1.63. The van der Waals surface area contributed by atoms with Crippen molar-refractivity contribution in [1.82, 2.24) is 5.43 Å². The van der Waals surface area contributed by atoms with E-state index in [1.54, 1.807) is 24.3 Å². The molecule has 0 saturated heterocycles. The van der Waals surface area contributed by atoms with Gasteiger partial charge >= 0.3 is 0 Å². The molecule has 0 heterocycles. The second-order valence-corrected chi connectivity index (χ2v) is 7.32. The van der Waals surface area contributed by atoms with E-state index in [1.807, 2.05) is 19.1 Å². The summed E-state index contributed by atoms with van der Waals surface area (Å²) < 4.78 is 24.5. The van der Waals surface area contributed by atoms with Crippen LogP contribution in [0, 0.1) is 12.7 Å². The standard InChI is InChI=1S/C24H21ClFN3O4/c1-15-7-9-17(10-8-15)24(31)29-27-13-16-11-18(25)23(21(12-16)32-2)33-14-22(30)28-20-6-4-3-5-19(20)26/h3-13H,14H2,1-2H3,(H,28,30)(H,29,31). The fourth-order valence-corrected chi connectivity index (χ4v) is 3.05. The zero-order valence-electron chi connectivity index (χ0n) is 17.9. The predicted octanol–water partition coefficient (Wildman–Crippen LogP) is 4.58. The first-order chi connectivity index (χ1) is 15.9. The second-order valence-electron chi connectivity index (χ2n) is 6.92. The SMILES string of the molecule is COc1cc(C=NNC(=O)c2ccc(C)cc2)cc(Cl)c1OCC(=O)Nc1ccccc1F. The molecule has 0 atom stereocenters. The van der Waals surface area contributed by atoms with Gasteiger partial charge in [-0.25, -0.2) is 9.82 Å². The summed E-state index contributed by atoms with van der Waals surface area (Å²) in [6, 6.07) is 16.0. The molecule has 0 spiro atoms. The number of rotatable bonds is 8. The van der Waals surface area contributed by atoms with Crippen molar-refractivity contribution in [2.45, 2.75) is 6.92 Å². The Kier molecular flexibility index (Phi) is 7.99. The third-order valence-electron chi connectivity index (χ3n) is 4.44. The number of anilines is 1. The molecule has 0 saturated carbocycles. The minimum absolute atomic E-state index is 0.0448. The van der Waals surface area contributed by atoms with E-state index in [4.69, 9.17) is 21.1 Å². The number of nitrogens with one attached hydrogen (secondary N) is 2. The van der Waals surface area contributed by atoms with Gasteiger partial charge in [-0.05, 0) is 48.9 Å². The molecule has 9 heteroatoms. The highest BCUT2D eigenvalue weighted by Gasteiger charge is 2.14. The maximum atomic E-state index is 13.7. The number of nitrogens with zero attached hydrogens (tertiary/aromatic N) is 1. The maximum Gasteiger partial charge on any atom is 0.271 e. The van der Waals surface area contributed by atoms with Gasteiger partial charge in [0, 0.05) is 5.56 Å². The Morgan fingerprint density at radius 3 is 2.55 bits per heavy atom. The summed E-state index contributed by atoms with van der Waals surface area (Å²) in [6.07, 6.45) is 1.40. The van der Waals surface area contributed by atoms with E-state index in [-0.39, 0.29) is 28.1 Å². The molecule has 0 aromatic heterocycles. The number of carbonyl (C=O) groups excluding carboxylic acids is 2. The smallest absolute Gasteiger partial charge is 0.271 e. The molecule has 3 aromatic rings. The van der Waals surface area contributed by atoms with Gasteiger partial charge in [0.15, 0.2) is 18.1 Å². The second kappa shape index (κ2) is 11.1. The van der Waals surface area contributed by atoms with Crippen LogP contribution in [0.1, 0.15) is 21.5 Å². The summed E-state index contributed by atoms with van der Waals surface area (Å²) in [7, 11) is 1.41. The summed E-state index contributed by atoms with van der Waals surface area (Å²) in [4.78, 5) is 24.2. The molecule has 0 aliphatic carbocycles. The first-order valence-corrected chi connectivity index (χ1v) is 10.2. The molecule has 2 N–H and O–H groups in total. The molecule has 0 aliphatic heterocycles. The number of carbonyl (C=O) groups is 2. The van der Waals surface area contributed by atoms with Gasteiger partial charge in [0.1, 0.15) is 5.82 Å². The summed E-state index contributed by atoms with van der Waals surface area (Å²) in [5.74, 6) is -1.08. The average molecular weight is 470 g/mol. The topological polar surface area (TPSA) is 89.0 Å². The molecular weight excluding hydrogens is 449 g/mol. The molecule has 0 fully saturated rings. The molecule has 0 unspecified atom stereocenters. The predicted molar refractivity (Wildman–Crippen MR) is 125 cm³/mol. The van der Waals surface area contributed by atoms with E-state index in [0.717, 1.165) is 5.56 Å². The number of amides is 2. The monoisotopic (exact) mass is 469 g/mol. The fourth-order valence-electron chi connectivity index (χ4n) is 2.78. The number of hydrogen-bond donors (Lipinski definition) is 2. The van der Waals surface area contributed by atoms with Crippen molar-refractivity contribution >= 4 is 35.3 Å². The van der Waals surface area contributed by atoms with E-state index in [9.17, 15) is 14.0 Å². The van der Waals surface area contributed by atoms with Crippen molar-refractivity contribution in [1.29, 1.82) is 0 Å². The Morgan fingerprint density at radius 2 is 1.85 bits per heavy atom. The number of halogens is 2. The highest BCUT2D eigenvalue weighted by molar-refractivity contribution is 6.32. The molecule has 3 rings (SSSR count). The summed E-state index contributed by atoms with van der Waals surface area (Å²) in [5.41, 5.74) is 4.54. The van der Waals surface area contributed by atoms with Gasteiger partial charge in [0.25, 0.3) is 11.8 Å². The van der Waals surface area contributed by atoms with E-state index in [2.05, 4.69) is 15.8 Å². The van der Waals surface area contributed by atoms with Gasteiger partial charge in [-0.15, -0.1) is 0 Å². The number of aryl methyl sites for hydroxylation is 1. The first-order valence-electron chi connectivity index (χ1n) is 9.82. The lowest BCUT2D eigenvalue weighted by Gasteiger charge is -2.13. The molecule has 0 aliphatic rings. The minimum atomic E-state index is -0.567. The zero-order chi connectivity index (χ0) is 23.8. The normalized spacial score (nSPS) is 10.7. The van der Waals surface area contributed by atoms with Crippen LogP contribution in [-0.2, 0) is 4.79 Å². The molecule has 0 radical (unpaired) electrons. The highest BCUT2D eigenvalue weighted by atomic mass is 35.5. The van der Waals surface area contributed by atoms with Crippen LogP contribution in [-0.4, -0.2) is 31.7 Å². The lowest BCUT2D eigenvalue weighted by atomic mass is 10.1. The van der Waals surface area contributed by atoms with Crippen LogP contribution < -0.4 is 20.2 Å². The van der Waals surface area contributed by atoms with Crippen LogP contribution >= 0.6 is 11.6 Å². The van der Waals surface area contributed by atoms with Gasteiger partial charge in [-0.3, -0.25) is 9.59 Å². The van der Waals surface area contributed by atoms with E-state index < -0.39 is 18.3 Å². The van der Waals surface area contributed by atoms with Crippen molar-refractivity contribution in [3.8, 4) is 11.5 Å². The molecule has 170 valence electrons. The van der Waals surface area contributed by atoms with Crippen molar-refractivity contribution in [3.63, 3.8) is 0 Å². The zero-order valence-corrected chi connectivity index (χ0v) is 18.7. The molecular formula is C24H21ClFN3O4. The van der Waals surface area contributed by atoms with E-state index in [1.165, 1.54) is 37.6 Å². The molecule has 2 amide bonds. The Bertz CT molecular complexity index is 1180. The third kappa shape index (κ3) is 6.54. The maximum absolute atomic E-state index is 13.7. The first kappa shape index (κ1) is 23.7. The molecule has 3 aromatic carbocycles. The average Bonchev–Trinajstić information content (AvgIpc) is 2.80. The Morgan fingerprint density at radius 1 is 1.12 bits per heavy atom. The van der Waals surface area contributed by atoms with Crippen molar-refractivity contribution in [3.05, 3.63) is 88.2 Å². The van der Waals surface area contributed by atoms with E-state index in [0.29, 0.717) is 11.1 Å². The lowest BCUT2D eigenvalue weighted by Crippen LogP contribution is -2.21. The lowest BCUT2D eigenvalue weighted by molar-refractivity contribution is -0.118. The van der Waals surface area contributed by atoms with Gasteiger partial charge in [-0.1, -0.05) is 41.4 Å². The van der Waals surface area contributed by atoms with Crippen LogP contribution in [0.5, 0.6) is 11.5 Å². The van der Waals surface area contributed by atoms with Gasteiger partial charge in [0.2, 0.25) is 0 Å². The molecule has 0 bridgehead atoms. The van der Waals surface area contributed by atoms with Crippen LogP contribution in [0.25, 0.3) is 0 Å². The summed E-state index contributed by atoms with van der Waals surface area (Å²) in [5, 5.41) is 6.52. The van der Waals surface area contributed by atoms with Crippen molar-refractivity contribution in [2.24, 2.45) is 5.10 Å². The Hall–Kier alpha value is -3.91. The Labute approximate surface area is 195 Å². The summed E-state index contributed by atoms with van der Waals surface area (Å²) >= 11 is 6.29.